The topological polar surface area (TPSA) is 104 Å². The van der Waals surface area contributed by atoms with Crippen LogP contribution in [0.3, 0.4) is 0 Å². The Balaban J connectivity index is 1.63. The predicted molar refractivity (Wildman–Crippen MR) is 105 cm³/mol. The number of rotatable bonds is 5. The third-order valence-electron chi connectivity index (χ3n) is 4.89. The average Bonchev–Trinajstić information content (AvgIpc) is 2.70. The van der Waals surface area contributed by atoms with Gasteiger partial charge in [0.25, 0.3) is 0 Å². The molecule has 7 nitrogen and oxygen atoms in total. The minimum atomic E-state index is -3.67. The van der Waals surface area contributed by atoms with E-state index in [0.29, 0.717) is 24.1 Å². The highest BCUT2D eigenvalue weighted by molar-refractivity contribution is 7.89. The third kappa shape index (κ3) is 4.23. The molecule has 148 valence electrons. The Hall–Kier alpha value is -2.71. The second-order valence-electron chi connectivity index (χ2n) is 6.77. The van der Waals surface area contributed by atoms with Gasteiger partial charge in [-0.25, -0.2) is 8.42 Å². The summed E-state index contributed by atoms with van der Waals surface area (Å²) in [6.07, 6.45) is 0.786. The number of phenolic OH excluding ortho intramolecular Hbond substituents is 1. The van der Waals surface area contributed by atoms with Crippen molar-refractivity contribution in [3.63, 3.8) is 0 Å². The highest BCUT2D eigenvalue weighted by Gasteiger charge is 2.32. The number of carbonyl (C=O) groups is 2. The Bertz CT molecular complexity index is 978. The first-order chi connectivity index (χ1) is 13.3. The number of amides is 1. The lowest BCUT2D eigenvalue weighted by Gasteiger charge is -2.30. The summed E-state index contributed by atoms with van der Waals surface area (Å²) in [5.41, 5.74) is 0.798. The molecular formula is C20H22N2O5S. The number of para-hydroxylation sites is 2. The first-order valence-corrected chi connectivity index (χ1v) is 10.4. The number of anilines is 1. The van der Waals surface area contributed by atoms with Gasteiger partial charge >= 0.3 is 0 Å². The molecule has 1 heterocycles. The molecule has 0 spiro atoms. The van der Waals surface area contributed by atoms with Crippen molar-refractivity contribution in [1.82, 2.24) is 4.31 Å². The molecule has 0 saturated carbocycles. The van der Waals surface area contributed by atoms with Crippen molar-refractivity contribution in [3.8, 4) is 5.75 Å². The van der Waals surface area contributed by atoms with Crippen molar-refractivity contribution >= 4 is 27.4 Å². The van der Waals surface area contributed by atoms with Crippen LogP contribution in [0.5, 0.6) is 5.75 Å². The zero-order valence-electron chi connectivity index (χ0n) is 15.5. The second-order valence-corrected chi connectivity index (χ2v) is 8.70. The van der Waals surface area contributed by atoms with E-state index in [1.165, 1.54) is 41.6 Å². The van der Waals surface area contributed by atoms with Crippen LogP contribution in [0.4, 0.5) is 5.69 Å². The Morgan fingerprint density at radius 3 is 2.21 bits per heavy atom. The summed E-state index contributed by atoms with van der Waals surface area (Å²) < 4.78 is 26.9. The van der Waals surface area contributed by atoms with Crippen LogP contribution in [-0.4, -0.2) is 42.6 Å². The molecule has 0 unspecified atom stereocenters. The first-order valence-electron chi connectivity index (χ1n) is 8.99. The maximum Gasteiger partial charge on any atom is 0.243 e. The van der Waals surface area contributed by atoms with Gasteiger partial charge in [-0.1, -0.05) is 24.3 Å². The van der Waals surface area contributed by atoms with E-state index >= 15 is 0 Å². The van der Waals surface area contributed by atoms with Gasteiger partial charge in [-0.3, -0.25) is 9.59 Å². The van der Waals surface area contributed by atoms with Crippen molar-refractivity contribution in [1.29, 1.82) is 0 Å². The van der Waals surface area contributed by atoms with Gasteiger partial charge in [0, 0.05) is 24.6 Å². The van der Waals surface area contributed by atoms with Crippen LogP contribution >= 0.6 is 0 Å². The largest absolute Gasteiger partial charge is 0.506 e. The van der Waals surface area contributed by atoms with E-state index < -0.39 is 10.0 Å². The van der Waals surface area contributed by atoms with E-state index in [2.05, 4.69) is 5.32 Å². The summed E-state index contributed by atoms with van der Waals surface area (Å²) in [6, 6.07) is 12.3. The van der Waals surface area contributed by atoms with Crippen LogP contribution < -0.4 is 5.32 Å². The third-order valence-corrected chi connectivity index (χ3v) is 6.80. The molecule has 2 N–H and O–H groups in total. The van der Waals surface area contributed by atoms with Gasteiger partial charge in [-0.05, 0) is 44.0 Å². The molecule has 3 rings (SSSR count). The number of hydrogen-bond donors (Lipinski definition) is 2. The van der Waals surface area contributed by atoms with E-state index in [1.54, 1.807) is 18.2 Å². The molecule has 1 saturated heterocycles. The molecule has 2 aromatic rings. The van der Waals surface area contributed by atoms with Gasteiger partial charge in [-0.2, -0.15) is 4.31 Å². The van der Waals surface area contributed by atoms with Gasteiger partial charge in [-0.15, -0.1) is 0 Å². The molecular weight excluding hydrogens is 380 g/mol. The smallest absolute Gasteiger partial charge is 0.243 e. The van der Waals surface area contributed by atoms with Crippen LogP contribution in [0, 0.1) is 5.92 Å². The molecule has 0 aromatic heterocycles. The van der Waals surface area contributed by atoms with Crippen molar-refractivity contribution in [2.45, 2.75) is 24.7 Å². The second kappa shape index (κ2) is 8.12. The van der Waals surface area contributed by atoms with E-state index in [1.807, 2.05) is 0 Å². The molecule has 8 heteroatoms. The van der Waals surface area contributed by atoms with Gasteiger partial charge in [0.05, 0.1) is 10.6 Å². The number of aromatic hydroxyl groups is 1. The summed E-state index contributed by atoms with van der Waals surface area (Å²) in [4.78, 5) is 23.9. The van der Waals surface area contributed by atoms with E-state index in [-0.39, 0.29) is 41.3 Å². The fourth-order valence-electron chi connectivity index (χ4n) is 3.18. The number of sulfonamides is 1. The van der Waals surface area contributed by atoms with Gasteiger partial charge in [0.2, 0.25) is 15.9 Å². The molecule has 1 fully saturated rings. The quantitative estimate of drug-likeness (QED) is 0.591. The standard InChI is InChI=1S/C20H22N2O5S/c1-14(23)15-6-8-17(9-7-15)28(26,27)22-12-10-16(11-13-22)20(25)21-18-4-2-3-5-19(18)24/h2-9,16,24H,10-13H2,1H3,(H,21,25). The number of nitrogens with one attached hydrogen (secondary N) is 1. The minimum Gasteiger partial charge on any atom is -0.506 e. The first kappa shape index (κ1) is 20.0. The number of piperidine rings is 1. The Kier molecular flexibility index (Phi) is 5.81. The van der Waals surface area contributed by atoms with Crippen LogP contribution in [0.1, 0.15) is 30.1 Å². The zero-order chi connectivity index (χ0) is 20.3. The van der Waals surface area contributed by atoms with E-state index in [4.69, 9.17) is 0 Å². The molecule has 0 bridgehead atoms. The highest BCUT2D eigenvalue weighted by Crippen LogP contribution is 2.27. The number of hydrogen-bond acceptors (Lipinski definition) is 5. The van der Waals surface area contributed by atoms with Crippen molar-refractivity contribution in [2.75, 3.05) is 18.4 Å². The average molecular weight is 402 g/mol. The molecule has 28 heavy (non-hydrogen) atoms. The SMILES string of the molecule is CC(=O)c1ccc(S(=O)(=O)N2CCC(C(=O)Nc3ccccc3O)CC2)cc1. The number of ketones is 1. The molecule has 0 radical (unpaired) electrons. The number of benzene rings is 2. The van der Waals surface area contributed by atoms with Gasteiger partial charge in [0.15, 0.2) is 5.78 Å². The minimum absolute atomic E-state index is 0.00938. The van der Waals surface area contributed by atoms with E-state index in [0.717, 1.165) is 0 Å². The number of Topliss-reactive ketones (excluding diaryl/α,β-unsaturated/α-hetero) is 1. The van der Waals surface area contributed by atoms with Gasteiger partial charge < -0.3 is 10.4 Å². The maximum atomic E-state index is 12.8. The van der Waals surface area contributed by atoms with Crippen LogP contribution in [0.15, 0.2) is 53.4 Å². The fourth-order valence-corrected chi connectivity index (χ4v) is 4.65. The molecule has 0 aliphatic carbocycles. The number of phenols is 1. The Morgan fingerprint density at radius 1 is 1.04 bits per heavy atom. The number of nitrogens with zero attached hydrogens (tertiary/aromatic N) is 1. The summed E-state index contributed by atoms with van der Waals surface area (Å²) >= 11 is 0. The van der Waals surface area contributed by atoms with E-state index in [9.17, 15) is 23.1 Å². The Labute approximate surface area is 164 Å². The molecule has 0 atom stereocenters. The molecule has 2 aromatic carbocycles. The normalized spacial score (nSPS) is 15.9. The zero-order valence-corrected chi connectivity index (χ0v) is 16.3. The summed E-state index contributed by atoms with van der Waals surface area (Å²) in [7, 11) is -3.67. The highest BCUT2D eigenvalue weighted by atomic mass is 32.2. The van der Waals surface area contributed by atoms with Crippen LogP contribution in [0.2, 0.25) is 0 Å². The van der Waals surface area contributed by atoms with Crippen molar-refractivity contribution < 1.29 is 23.1 Å². The summed E-state index contributed by atoms with van der Waals surface area (Å²) in [5.74, 6) is -0.694. The number of carbonyl (C=O) groups excluding carboxylic acids is 2. The monoisotopic (exact) mass is 402 g/mol. The summed E-state index contributed by atoms with van der Waals surface area (Å²) in [5, 5.41) is 12.5. The van der Waals surface area contributed by atoms with Crippen molar-refractivity contribution in [3.05, 3.63) is 54.1 Å². The van der Waals surface area contributed by atoms with Gasteiger partial charge in [0.1, 0.15) is 5.75 Å². The molecule has 1 amide bonds. The lowest BCUT2D eigenvalue weighted by atomic mass is 9.97. The predicted octanol–water partition coefficient (Wildman–Crippen LogP) is 2.63. The van der Waals surface area contributed by atoms with Crippen molar-refractivity contribution in [2.24, 2.45) is 5.92 Å². The lowest BCUT2D eigenvalue weighted by Crippen LogP contribution is -2.41. The maximum absolute atomic E-state index is 12.8. The molecule has 1 aliphatic rings. The molecule has 1 aliphatic heterocycles. The lowest BCUT2D eigenvalue weighted by molar-refractivity contribution is -0.120. The Morgan fingerprint density at radius 2 is 1.64 bits per heavy atom. The fraction of sp³-hybridized carbons (Fsp3) is 0.300. The van der Waals surface area contributed by atoms with Crippen LogP contribution in [0.25, 0.3) is 0 Å². The van der Waals surface area contributed by atoms with Crippen LogP contribution in [-0.2, 0) is 14.8 Å². The summed E-state index contributed by atoms with van der Waals surface area (Å²) in [6.45, 7) is 1.89.